The largest absolute Gasteiger partial charge is 0.481 e. The van der Waals surface area contributed by atoms with Crippen LogP contribution in [-0.2, 0) is 10.2 Å². The van der Waals surface area contributed by atoms with Gasteiger partial charge in [-0.15, -0.1) is 11.6 Å². The van der Waals surface area contributed by atoms with Crippen LogP contribution in [0.2, 0.25) is 0 Å². The van der Waals surface area contributed by atoms with Gasteiger partial charge in [0, 0.05) is 5.88 Å². The summed E-state index contributed by atoms with van der Waals surface area (Å²) in [5.41, 5.74) is -0.0295. The number of rotatable bonds is 7. The Balaban J connectivity index is 2.76. The zero-order chi connectivity index (χ0) is 13.4. The molecule has 0 bridgehead atoms. The van der Waals surface area contributed by atoms with Crippen molar-refractivity contribution < 1.29 is 9.90 Å². The highest BCUT2D eigenvalue weighted by Gasteiger charge is 2.33. The molecule has 1 atom stereocenters. The van der Waals surface area contributed by atoms with Gasteiger partial charge in [0.25, 0.3) is 0 Å². The van der Waals surface area contributed by atoms with Crippen molar-refractivity contribution in [3.05, 3.63) is 48.0 Å². The third-order valence-electron chi connectivity index (χ3n) is 3.08. The number of halogens is 1. The van der Waals surface area contributed by atoms with E-state index in [4.69, 9.17) is 11.6 Å². The van der Waals surface area contributed by atoms with Gasteiger partial charge in [-0.1, -0.05) is 42.5 Å². The summed E-state index contributed by atoms with van der Waals surface area (Å²) < 4.78 is 0. The first-order valence-electron chi connectivity index (χ1n) is 6.11. The molecule has 1 aromatic carbocycles. The number of carboxylic acids is 1. The molecule has 0 amide bonds. The van der Waals surface area contributed by atoms with E-state index in [1.165, 1.54) is 0 Å². The van der Waals surface area contributed by atoms with Gasteiger partial charge in [-0.2, -0.15) is 0 Å². The van der Waals surface area contributed by atoms with Gasteiger partial charge in [0.2, 0.25) is 0 Å². The average Bonchev–Trinajstić information content (AvgIpc) is 2.39. The fourth-order valence-electron chi connectivity index (χ4n) is 1.77. The Morgan fingerprint density at radius 1 is 1.33 bits per heavy atom. The van der Waals surface area contributed by atoms with Crippen molar-refractivity contribution in [3.63, 3.8) is 0 Å². The molecule has 3 heteroatoms. The Bertz CT molecular complexity index is 400. The number of carbonyl (C=O) groups is 1. The predicted molar refractivity (Wildman–Crippen MR) is 75.1 cm³/mol. The predicted octanol–water partition coefficient (Wildman–Crippen LogP) is 3.99. The lowest BCUT2D eigenvalue weighted by molar-refractivity contribution is -0.143. The second-order valence-electron chi connectivity index (χ2n) is 4.51. The topological polar surface area (TPSA) is 37.3 Å². The van der Waals surface area contributed by atoms with Crippen molar-refractivity contribution in [2.24, 2.45) is 0 Å². The van der Waals surface area contributed by atoms with Crippen LogP contribution in [0.15, 0.2) is 42.5 Å². The van der Waals surface area contributed by atoms with Crippen molar-refractivity contribution in [2.75, 3.05) is 5.88 Å². The molecule has 0 fully saturated rings. The second kappa shape index (κ2) is 7.22. The molecule has 98 valence electrons. The van der Waals surface area contributed by atoms with E-state index in [0.717, 1.165) is 18.4 Å². The number of allylic oxidation sites excluding steroid dienone is 2. The van der Waals surface area contributed by atoms with Crippen molar-refractivity contribution in [3.8, 4) is 0 Å². The van der Waals surface area contributed by atoms with Crippen LogP contribution in [-0.4, -0.2) is 17.0 Å². The molecule has 1 N–H and O–H groups in total. The van der Waals surface area contributed by atoms with Crippen molar-refractivity contribution in [1.82, 2.24) is 0 Å². The number of alkyl halides is 1. The fourth-order valence-corrected chi connectivity index (χ4v) is 1.92. The van der Waals surface area contributed by atoms with Crippen LogP contribution in [0.4, 0.5) is 0 Å². The normalized spacial score (nSPS) is 14.6. The molecule has 0 aliphatic rings. The maximum Gasteiger partial charge on any atom is 0.314 e. The van der Waals surface area contributed by atoms with Gasteiger partial charge in [-0.3, -0.25) is 4.79 Å². The standard InChI is InChI=1S/C15H19ClO2/c1-15(14(17)18,11-7-2-3-8-12-16)13-9-5-4-6-10-13/h2,4-7,9-10H,3,8,11-12H2,1H3,(H,17,18)/b7-2+/t15-/m1/s1. The van der Waals surface area contributed by atoms with E-state index in [1.54, 1.807) is 6.92 Å². The Morgan fingerprint density at radius 2 is 2.00 bits per heavy atom. The van der Waals surface area contributed by atoms with Gasteiger partial charge >= 0.3 is 5.97 Å². The van der Waals surface area contributed by atoms with Crippen molar-refractivity contribution in [1.29, 1.82) is 0 Å². The molecule has 1 rings (SSSR count). The molecular formula is C15H19ClO2. The van der Waals surface area contributed by atoms with E-state index in [0.29, 0.717) is 12.3 Å². The summed E-state index contributed by atoms with van der Waals surface area (Å²) in [5.74, 6) is -0.158. The molecule has 18 heavy (non-hydrogen) atoms. The quantitative estimate of drug-likeness (QED) is 0.460. The summed E-state index contributed by atoms with van der Waals surface area (Å²) in [4.78, 5) is 11.5. The smallest absolute Gasteiger partial charge is 0.314 e. The van der Waals surface area contributed by atoms with E-state index >= 15 is 0 Å². The maximum absolute atomic E-state index is 11.5. The summed E-state index contributed by atoms with van der Waals surface area (Å²) in [6.07, 6.45) is 6.26. The van der Waals surface area contributed by atoms with Gasteiger partial charge < -0.3 is 5.11 Å². The first-order chi connectivity index (χ1) is 8.61. The molecule has 0 radical (unpaired) electrons. The summed E-state index contributed by atoms with van der Waals surface area (Å²) in [7, 11) is 0. The third-order valence-corrected chi connectivity index (χ3v) is 3.35. The van der Waals surface area contributed by atoms with E-state index in [9.17, 15) is 9.90 Å². The van der Waals surface area contributed by atoms with E-state index in [2.05, 4.69) is 0 Å². The highest BCUT2D eigenvalue weighted by atomic mass is 35.5. The zero-order valence-electron chi connectivity index (χ0n) is 10.6. The number of hydrogen-bond donors (Lipinski definition) is 1. The Labute approximate surface area is 113 Å². The Morgan fingerprint density at radius 3 is 2.56 bits per heavy atom. The molecule has 2 nitrogen and oxygen atoms in total. The lowest BCUT2D eigenvalue weighted by atomic mass is 9.79. The molecule has 0 heterocycles. The highest BCUT2D eigenvalue weighted by Crippen LogP contribution is 2.28. The van der Waals surface area contributed by atoms with Gasteiger partial charge in [-0.05, 0) is 31.7 Å². The van der Waals surface area contributed by atoms with Gasteiger partial charge in [0.15, 0.2) is 0 Å². The van der Waals surface area contributed by atoms with Crippen molar-refractivity contribution in [2.45, 2.75) is 31.6 Å². The molecule has 0 aliphatic heterocycles. The zero-order valence-corrected chi connectivity index (χ0v) is 11.4. The number of aliphatic carboxylic acids is 1. The number of benzene rings is 1. The Hall–Kier alpha value is -1.28. The van der Waals surface area contributed by atoms with Crippen LogP contribution >= 0.6 is 11.6 Å². The third kappa shape index (κ3) is 3.88. The summed E-state index contributed by atoms with van der Waals surface area (Å²) >= 11 is 5.59. The molecule has 0 saturated carbocycles. The van der Waals surface area contributed by atoms with Crippen LogP contribution < -0.4 is 0 Å². The Kier molecular flexibility index (Phi) is 5.93. The first kappa shape index (κ1) is 14.8. The molecular weight excluding hydrogens is 248 g/mol. The van der Waals surface area contributed by atoms with Crippen LogP contribution in [0.5, 0.6) is 0 Å². The highest BCUT2D eigenvalue weighted by molar-refractivity contribution is 6.17. The number of hydrogen-bond acceptors (Lipinski definition) is 1. The molecule has 0 aromatic heterocycles. The van der Waals surface area contributed by atoms with Crippen LogP contribution in [0.1, 0.15) is 31.7 Å². The SMILES string of the molecule is C[C@](C/C=C/CCCCl)(C(=O)O)c1ccccc1. The minimum atomic E-state index is -0.862. The minimum absolute atomic E-state index is 0.495. The minimum Gasteiger partial charge on any atom is -0.481 e. The summed E-state index contributed by atoms with van der Waals surface area (Å²) in [5, 5.41) is 9.43. The number of carboxylic acid groups (broad SMARTS) is 1. The first-order valence-corrected chi connectivity index (χ1v) is 6.64. The van der Waals surface area contributed by atoms with E-state index in [-0.39, 0.29) is 0 Å². The van der Waals surface area contributed by atoms with Crippen LogP contribution in [0.25, 0.3) is 0 Å². The van der Waals surface area contributed by atoms with Gasteiger partial charge in [0.1, 0.15) is 0 Å². The summed E-state index contributed by atoms with van der Waals surface area (Å²) in [6.45, 7) is 1.76. The van der Waals surface area contributed by atoms with E-state index < -0.39 is 11.4 Å². The second-order valence-corrected chi connectivity index (χ2v) is 4.89. The van der Waals surface area contributed by atoms with Crippen molar-refractivity contribution >= 4 is 17.6 Å². The van der Waals surface area contributed by atoms with Crippen LogP contribution in [0, 0.1) is 0 Å². The summed E-state index contributed by atoms with van der Waals surface area (Å²) in [6, 6.07) is 9.35. The van der Waals surface area contributed by atoms with E-state index in [1.807, 2.05) is 42.5 Å². The number of unbranched alkanes of at least 4 members (excludes halogenated alkanes) is 1. The lowest BCUT2D eigenvalue weighted by Crippen LogP contribution is -2.31. The molecule has 0 unspecified atom stereocenters. The van der Waals surface area contributed by atoms with Gasteiger partial charge in [-0.25, -0.2) is 0 Å². The average molecular weight is 267 g/mol. The molecule has 0 aliphatic carbocycles. The molecule has 0 spiro atoms. The molecule has 1 aromatic rings. The monoisotopic (exact) mass is 266 g/mol. The van der Waals surface area contributed by atoms with Crippen LogP contribution in [0.3, 0.4) is 0 Å². The van der Waals surface area contributed by atoms with Gasteiger partial charge in [0.05, 0.1) is 5.41 Å². The maximum atomic E-state index is 11.5. The fraction of sp³-hybridized carbons (Fsp3) is 0.400. The molecule has 0 saturated heterocycles. The lowest BCUT2D eigenvalue weighted by Gasteiger charge is -2.23.